The second kappa shape index (κ2) is 12.4. The summed E-state index contributed by atoms with van der Waals surface area (Å²) >= 11 is 6.23. The highest BCUT2D eigenvalue weighted by atomic mass is 35.5. The Morgan fingerprint density at radius 1 is 1.09 bits per heavy atom. The fraction of sp³-hybridized carbons (Fsp3) is 0.407. The summed E-state index contributed by atoms with van der Waals surface area (Å²) in [5.41, 5.74) is 3.39. The molecule has 0 aliphatic carbocycles. The van der Waals surface area contributed by atoms with Crippen molar-refractivity contribution in [1.29, 1.82) is 0 Å². The number of benzene rings is 1. The van der Waals surface area contributed by atoms with Gasteiger partial charge in [-0.05, 0) is 61.4 Å². The highest BCUT2D eigenvalue weighted by molar-refractivity contribution is 6.31. The minimum atomic E-state index is -0.896. The van der Waals surface area contributed by atoms with E-state index in [0.717, 1.165) is 60.7 Å². The summed E-state index contributed by atoms with van der Waals surface area (Å²) in [5, 5.41) is 20.2. The third kappa shape index (κ3) is 7.10. The molecular weight excluding hydrogens is 438 g/mol. The van der Waals surface area contributed by atoms with E-state index in [-0.39, 0.29) is 30.3 Å². The van der Waals surface area contributed by atoms with Crippen molar-refractivity contribution in [2.75, 3.05) is 0 Å². The van der Waals surface area contributed by atoms with Crippen LogP contribution in [0.3, 0.4) is 0 Å². The minimum absolute atomic E-state index is 0.0326. The Morgan fingerprint density at radius 3 is 2.42 bits per heavy atom. The van der Waals surface area contributed by atoms with Gasteiger partial charge in [-0.2, -0.15) is 0 Å². The van der Waals surface area contributed by atoms with Gasteiger partial charge in [0.1, 0.15) is 5.76 Å². The number of allylic oxidation sites excluding steroid dienone is 3. The second-order valence-corrected chi connectivity index (χ2v) is 9.04. The maximum atomic E-state index is 13.2. The lowest BCUT2D eigenvalue weighted by molar-refractivity contribution is -0.137. The van der Waals surface area contributed by atoms with Gasteiger partial charge in [-0.1, -0.05) is 50.6 Å². The van der Waals surface area contributed by atoms with Crippen molar-refractivity contribution in [2.24, 2.45) is 13.0 Å². The van der Waals surface area contributed by atoms with Crippen LogP contribution in [0.15, 0.2) is 54.8 Å². The Bertz CT molecular complexity index is 1060. The SMILES string of the molecule is C=C/C(O)=C(\C=C)CCCCCCc1c(C(=O)CC(C)CC(=O)O)c2cc(Cl)ccc2n1C. The van der Waals surface area contributed by atoms with Crippen molar-refractivity contribution < 1.29 is 19.8 Å². The first-order valence-corrected chi connectivity index (χ1v) is 11.8. The summed E-state index contributed by atoms with van der Waals surface area (Å²) in [6.07, 6.45) is 8.59. The van der Waals surface area contributed by atoms with Crippen LogP contribution in [0.1, 0.15) is 67.9 Å². The molecule has 0 radical (unpaired) electrons. The zero-order valence-corrected chi connectivity index (χ0v) is 20.3. The molecule has 2 aromatic rings. The van der Waals surface area contributed by atoms with Crippen LogP contribution in [0.2, 0.25) is 5.02 Å². The number of rotatable bonds is 14. The molecule has 0 bridgehead atoms. The standard InChI is InChI=1S/C27H34ClNO4/c1-5-19(24(30)6-2)11-9-7-8-10-12-23-27(25(31)15-18(3)16-26(32)33)21-17-20(28)13-14-22(21)29(23)4/h5-6,13-14,17-18,30H,1-2,7-12,15-16H2,3-4H3,(H,32,33)/b24-19-. The molecule has 0 spiro atoms. The molecule has 1 aromatic heterocycles. The predicted octanol–water partition coefficient (Wildman–Crippen LogP) is 7.19. The fourth-order valence-electron chi connectivity index (χ4n) is 4.29. The van der Waals surface area contributed by atoms with E-state index in [1.54, 1.807) is 13.0 Å². The molecule has 6 heteroatoms. The Balaban J connectivity index is 2.13. The minimum Gasteiger partial charge on any atom is -0.508 e. The summed E-state index contributed by atoms with van der Waals surface area (Å²) < 4.78 is 2.06. The van der Waals surface area contributed by atoms with Gasteiger partial charge in [0.2, 0.25) is 0 Å². The zero-order valence-electron chi connectivity index (χ0n) is 19.6. The molecular formula is C27H34ClNO4. The number of aryl methyl sites for hydroxylation is 1. The van der Waals surface area contributed by atoms with E-state index >= 15 is 0 Å². The van der Waals surface area contributed by atoms with Crippen molar-refractivity contribution in [3.05, 3.63) is 71.1 Å². The maximum Gasteiger partial charge on any atom is 0.303 e. The lowest BCUT2D eigenvalue weighted by Gasteiger charge is -2.11. The first-order valence-electron chi connectivity index (χ1n) is 11.4. The molecule has 0 fully saturated rings. The quantitative estimate of drug-likeness (QED) is 0.132. The van der Waals surface area contributed by atoms with E-state index in [4.69, 9.17) is 16.7 Å². The highest BCUT2D eigenvalue weighted by Gasteiger charge is 2.23. The van der Waals surface area contributed by atoms with Crippen LogP contribution in [0, 0.1) is 5.92 Å². The molecule has 0 saturated carbocycles. The number of aliphatic carboxylic acids is 1. The molecule has 0 saturated heterocycles. The van der Waals surface area contributed by atoms with Crippen molar-refractivity contribution in [3.8, 4) is 0 Å². The first-order chi connectivity index (χ1) is 15.7. The number of ketones is 1. The number of carbonyl (C=O) groups is 2. The molecule has 5 nitrogen and oxygen atoms in total. The second-order valence-electron chi connectivity index (χ2n) is 8.61. The number of carbonyl (C=O) groups excluding carboxylic acids is 1. The van der Waals surface area contributed by atoms with E-state index in [9.17, 15) is 14.7 Å². The monoisotopic (exact) mass is 471 g/mol. The van der Waals surface area contributed by atoms with Crippen molar-refractivity contribution in [1.82, 2.24) is 4.57 Å². The van der Waals surface area contributed by atoms with Crippen molar-refractivity contribution in [2.45, 2.75) is 58.3 Å². The van der Waals surface area contributed by atoms with Crippen molar-refractivity contribution >= 4 is 34.3 Å². The third-order valence-electron chi connectivity index (χ3n) is 6.00. The number of aliphatic hydroxyl groups is 1. The number of unbranched alkanes of at least 4 members (excludes halogenated alkanes) is 3. The number of hydrogen-bond donors (Lipinski definition) is 2. The van der Waals surface area contributed by atoms with Crippen LogP contribution < -0.4 is 0 Å². The van der Waals surface area contributed by atoms with Gasteiger partial charge < -0.3 is 14.8 Å². The van der Waals surface area contributed by atoms with Crippen LogP contribution in [0.25, 0.3) is 10.9 Å². The van der Waals surface area contributed by atoms with Crippen LogP contribution in [0.4, 0.5) is 0 Å². The maximum absolute atomic E-state index is 13.2. The van der Waals surface area contributed by atoms with Gasteiger partial charge >= 0.3 is 5.97 Å². The number of fused-ring (bicyclic) bond motifs is 1. The third-order valence-corrected chi connectivity index (χ3v) is 6.23. The van der Waals surface area contributed by atoms with Gasteiger partial charge in [-0.25, -0.2) is 0 Å². The summed E-state index contributed by atoms with van der Waals surface area (Å²) in [6.45, 7) is 9.12. The number of aromatic nitrogens is 1. The number of carboxylic acids is 1. The Kier molecular flexibility index (Phi) is 9.98. The molecule has 2 rings (SSSR count). The van der Waals surface area contributed by atoms with E-state index < -0.39 is 5.97 Å². The molecule has 0 amide bonds. The first kappa shape index (κ1) is 26.5. The van der Waals surface area contributed by atoms with Gasteiger partial charge in [0.05, 0.1) is 0 Å². The molecule has 1 unspecified atom stereocenters. The highest BCUT2D eigenvalue weighted by Crippen LogP contribution is 2.31. The van der Waals surface area contributed by atoms with Crippen molar-refractivity contribution in [3.63, 3.8) is 0 Å². The number of halogens is 1. The average Bonchev–Trinajstić information content (AvgIpc) is 3.02. The molecule has 178 valence electrons. The number of nitrogens with zero attached hydrogens (tertiary/aromatic N) is 1. The zero-order chi connectivity index (χ0) is 24.5. The summed E-state index contributed by atoms with van der Waals surface area (Å²) in [6, 6.07) is 5.57. The molecule has 33 heavy (non-hydrogen) atoms. The van der Waals surface area contributed by atoms with Crippen LogP contribution in [-0.2, 0) is 18.3 Å². The molecule has 1 aromatic carbocycles. The van der Waals surface area contributed by atoms with Gasteiger partial charge in [0, 0.05) is 47.1 Å². The number of carboxylic acid groups (broad SMARTS) is 1. The average molecular weight is 472 g/mol. The molecule has 2 N–H and O–H groups in total. The number of hydrogen-bond acceptors (Lipinski definition) is 3. The largest absolute Gasteiger partial charge is 0.508 e. The van der Waals surface area contributed by atoms with E-state index in [1.165, 1.54) is 6.08 Å². The molecule has 0 aliphatic rings. The normalized spacial score (nSPS) is 12.9. The van der Waals surface area contributed by atoms with Gasteiger partial charge in [0.25, 0.3) is 0 Å². The lowest BCUT2D eigenvalue weighted by atomic mass is 9.94. The summed E-state index contributed by atoms with van der Waals surface area (Å²) in [5.74, 6) is -0.990. The smallest absolute Gasteiger partial charge is 0.303 e. The fourth-order valence-corrected chi connectivity index (χ4v) is 4.46. The van der Waals surface area contributed by atoms with Crippen LogP contribution >= 0.6 is 11.6 Å². The molecule has 1 atom stereocenters. The van der Waals surface area contributed by atoms with Crippen LogP contribution in [0.5, 0.6) is 0 Å². The van der Waals surface area contributed by atoms with Gasteiger partial charge in [-0.15, -0.1) is 0 Å². The number of aliphatic hydroxyl groups excluding tert-OH is 1. The summed E-state index contributed by atoms with van der Waals surface area (Å²) in [4.78, 5) is 24.3. The predicted molar refractivity (Wildman–Crippen MR) is 135 cm³/mol. The molecule has 0 aliphatic heterocycles. The Morgan fingerprint density at radius 2 is 1.79 bits per heavy atom. The topological polar surface area (TPSA) is 79.5 Å². The molecule has 1 heterocycles. The van der Waals surface area contributed by atoms with Gasteiger partial charge in [-0.3, -0.25) is 9.59 Å². The van der Waals surface area contributed by atoms with Crippen LogP contribution in [-0.4, -0.2) is 26.5 Å². The Labute approximate surface area is 201 Å². The Hall–Kier alpha value is -2.79. The lowest BCUT2D eigenvalue weighted by Crippen LogP contribution is -2.12. The van der Waals surface area contributed by atoms with E-state index in [2.05, 4.69) is 17.7 Å². The summed E-state index contributed by atoms with van der Waals surface area (Å²) in [7, 11) is 1.96. The van der Waals surface area contributed by atoms with Gasteiger partial charge in [0.15, 0.2) is 5.78 Å². The van der Waals surface area contributed by atoms with E-state index in [1.807, 2.05) is 25.2 Å². The van der Waals surface area contributed by atoms with E-state index in [0.29, 0.717) is 10.6 Å². The number of Topliss-reactive ketones (excluding diaryl/α,β-unsaturated/α-hetero) is 1.